The normalized spacial score (nSPS) is 16.6. The third-order valence-corrected chi connectivity index (χ3v) is 3.55. The van der Waals surface area contributed by atoms with Gasteiger partial charge in [-0.3, -0.25) is 4.90 Å². The van der Waals surface area contributed by atoms with Crippen molar-refractivity contribution in [2.75, 3.05) is 19.6 Å². The van der Waals surface area contributed by atoms with Gasteiger partial charge >= 0.3 is 0 Å². The first kappa shape index (κ1) is 14.3. The molecule has 0 spiro atoms. The third kappa shape index (κ3) is 4.16. The average molecular weight is 263 g/mol. The Hall–Kier alpha value is -1.16. The quantitative estimate of drug-likeness (QED) is 0.757. The zero-order valence-corrected chi connectivity index (χ0v) is 12.2. The van der Waals surface area contributed by atoms with E-state index in [2.05, 4.69) is 35.0 Å². The van der Waals surface area contributed by atoms with Crippen molar-refractivity contribution in [1.82, 2.24) is 15.0 Å². The van der Waals surface area contributed by atoms with Crippen LogP contribution in [0.25, 0.3) is 5.57 Å². The lowest BCUT2D eigenvalue weighted by molar-refractivity contribution is 0.294. The Morgan fingerprint density at radius 2 is 2.11 bits per heavy atom. The molecule has 0 atom stereocenters. The van der Waals surface area contributed by atoms with Crippen LogP contribution in [0.4, 0.5) is 0 Å². The Bertz CT molecular complexity index is 411. The summed E-state index contributed by atoms with van der Waals surface area (Å²) < 4.78 is 5.40. The van der Waals surface area contributed by atoms with Crippen molar-refractivity contribution >= 4 is 5.57 Å². The fourth-order valence-electron chi connectivity index (χ4n) is 2.35. The highest BCUT2D eigenvalue weighted by Crippen LogP contribution is 2.20. The molecule has 4 nitrogen and oxygen atoms in total. The second-order valence-electron chi connectivity index (χ2n) is 5.27. The molecule has 0 radical (unpaired) electrons. The van der Waals surface area contributed by atoms with Crippen LogP contribution in [-0.4, -0.2) is 34.7 Å². The number of hydrogen-bond acceptors (Lipinski definition) is 4. The number of nitrogens with zero attached hydrogens (tertiary/aromatic N) is 3. The lowest BCUT2D eigenvalue weighted by atomic mass is 10.1. The molecule has 0 fully saturated rings. The molecule has 1 aliphatic heterocycles. The fourth-order valence-corrected chi connectivity index (χ4v) is 2.35. The smallest absolute Gasteiger partial charge is 0.254 e. The summed E-state index contributed by atoms with van der Waals surface area (Å²) in [5.74, 6) is 1.58. The molecule has 0 saturated carbocycles. The van der Waals surface area contributed by atoms with Gasteiger partial charge in [0, 0.05) is 25.1 Å². The van der Waals surface area contributed by atoms with E-state index >= 15 is 0 Å². The van der Waals surface area contributed by atoms with Gasteiger partial charge in [0.1, 0.15) is 0 Å². The molecule has 4 heteroatoms. The molecule has 0 amide bonds. The van der Waals surface area contributed by atoms with Gasteiger partial charge in [-0.25, -0.2) is 0 Å². The molecule has 0 saturated heterocycles. The first-order valence-corrected chi connectivity index (χ1v) is 7.57. The Labute approximate surface area is 115 Å². The van der Waals surface area contributed by atoms with Crippen LogP contribution in [0, 0.1) is 0 Å². The molecule has 1 aromatic rings. The van der Waals surface area contributed by atoms with Gasteiger partial charge < -0.3 is 4.52 Å². The molecular weight excluding hydrogens is 238 g/mol. The Kier molecular flexibility index (Phi) is 5.58. The molecule has 19 heavy (non-hydrogen) atoms. The standard InChI is InChI=1S/C15H25N3O/c1-3-5-9-14-16-15(19-17-14)13-8-7-11-18(12-13)10-6-4-2/h8H,3-7,9-12H2,1-2H3. The summed E-state index contributed by atoms with van der Waals surface area (Å²) in [5.41, 5.74) is 1.21. The Balaban J connectivity index is 1.93. The van der Waals surface area contributed by atoms with Crippen molar-refractivity contribution in [3.8, 4) is 0 Å². The van der Waals surface area contributed by atoms with Gasteiger partial charge in [-0.05, 0) is 25.8 Å². The summed E-state index contributed by atoms with van der Waals surface area (Å²) in [6.07, 6.45) is 9.06. The van der Waals surface area contributed by atoms with E-state index in [9.17, 15) is 0 Å². The van der Waals surface area contributed by atoms with E-state index in [0.29, 0.717) is 0 Å². The van der Waals surface area contributed by atoms with Crippen LogP contribution < -0.4 is 0 Å². The van der Waals surface area contributed by atoms with Gasteiger partial charge in [-0.1, -0.05) is 37.9 Å². The highest BCUT2D eigenvalue weighted by molar-refractivity contribution is 5.60. The predicted octanol–water partition coefficient (Wildman–Crippen LogP) is 3.30. The van der Waals surface area contributed by atoms with Crippen molar-refractivity contribution in [3.63, 3.8) is 0 Å². The van der Waals surface area contributed by atoms with Gasteiger partial charge in [0.2, 0.25) is 0 Å². The van der Waals surface area contributed by atoms with Crippen LogP contribution in [0.15, 0.2) is 10.6 Å². The van der Waals surface area contributed by atoms with Gasteiger partial charge in [-0.15, -0.1) is 0 Å². The van der Waals surface area contributed by atoms with Crippen molar-refractivity contribution in [2.45, 2.75) is 52.4 Å². The predicted molar refractivity (Wildman–Crippen MR) is 76.9 cm³/mol. The highest BCUT2D eigenvalue weighted by atomic mass is 16.5. The molecule has 0 aliphatic carbocycles. The minimum atomic E-state index is 0.729. The largest absolute Gasteiger partial charge is 0.334 e. The maximum absolute atomic E-state index is 5.40. The van der Waals surface area contributed by atoms with Gasteiger partial charge in [-0.2, -0.15) is 4.98 Å². The maximum atomic E-state index is 5.40. The first-order chi connectivity index (χ1) is 9.33. The van der Waals surface area contributed by atoms with Gasteiger partial charge in [0.05, 0.1) is 0 Å². The van der Waals surface area contributed by atoms with E-state index in [1.165, 1.54) is 25.0 Å². The van der Waals surface area contributed by atoms with Crippen LogP contribution in [0.1, 0.15) is 57.7 Å². The van der Waals surface area contributed by atoms with E-state index in [0.717, 1.165) is 50.5 Å². The summed E-state index contributed by atoms with van der Waals surface area (Å²) in [4.78, 5) is 6.99. The van der Waals surface area contributed by atoms with E-state index < -0.39 is 0 Å². The van der Waals surface area contributed by atoms with Crippen LogP contribution >= 0.6 is 0 Å². The molecule has 2 heterocycles. The Morgan fingerprint density at radius 1 is 1.26 bits per heavy atom. The van der Waals surface area contributed by atoms with Crippen molar-refractivity contribution < 1.29 is 4.52 Å². The first-order valence-electron chi connectivity index (χ1n) is 7.57. The molecule has 1 aliphatic rings. The molecule has 0 N–H and O–H groups in total. The Morgan fingerprint density at radius 3 is 2.89 bits per heavy atom. The number of rotatable bonds is 7. The maximum Gasteiger partial charge on any atom is 0.254 e. The summed E-state index contributed by atoms with van der Waals surface area (Å²) in [7, 11) is 0. The molecule has 106 valence electrons. The van der Waals surface area contributed by atoms with Gasteiger partial charge in [0.15, 0.2) is 5.82 Å². The van der Waals surface area contributed by atoms with E-state index in [-0.39, 0.29) is 0 Å². The zero-order chi connectivity index (χ0) is 13.5. The molecule has 0 aromatic carbocycles. The topological polar surface area (TPSA) is 42.2 Å². The van der Waals surface area contributed by atoms with Crippen LogP contribution in [0.5, 0.6) is 0 Å². The van der Waals surface area contributed by atoms with Crippen LogP contribution in [0.3, 0.4) is 0 Å². The number of aromatic nitrogens is 2. The minimum absolute atomic E-state index is 0.729. The number of hydrogen-bond donors (Lipinski definition) is 0. The molecular formula is C15H25N3O. The van der Waals surface area contributed by atoms with Gasteiger partial charge in [0.25, 0.3) is 5.89 Å². The number of unbranched alkanes of at least 4 members (excludes halogenated alkanes) is 2. The fraction of sp³-hybridized carbons (Fsp3) is 0.733. The summed E-state index contributed by atoms with van der Waals surface area (Å²) in [6, 6.07) is 0. The highest BCUT2D eigenvalue weighted by Gasteiger charge is 2.18. The average Bonchev–Trinajstić information content (AvgIpc) is 2.92. The monoisotopic (exact) mass is 263 g/mol. The lowest BCUT2D eigenvalue weighted by Crippen LogP contribution is -2.30. The molecule has 0 bridgehead atoms. The van der Waals surface area contributed by atoms with Crippen LogP contribution in [-0.2, 0) is 6.42 Å². The van der Waals surface area contributed by atoms with E-state index in [4.69, 9.17) is 4.52 Å². The second kappa shape index (κ2) is 7.43. The van der Waals surface area contributed by atoms with E-state index in [1.807, 2.05) is 0 Å². The van der Waals surface area contributed by atoms with Crippen molar-refractivity contribution in [3.05, 3.63) is 17.8 Å². The van der Waals surface area contributed by atoms with E-state index in [1.54, 1.807) is 0 Å². The van der Waals surface area contributed by atoms with Crippen molar-refractivity contribution in [1.29, 1.82) is 0 Å². The number of aryl methyl sites for hydroxylation is 1. The van der Waals surface area contributed by atoms with Crippen molar-refractivity contribution in [2.24, 2.45) is 0 Å². The SMILES string of the molecule is CCCCc1noc(C2=CCCN(CCCC)C2)n1. The summed E-state index contributed by atoms with van der Waals surface area (Å²) in [5, 5.41) is 4.07. The third-order valence-electron chi connectivity index (χ3n) is 3.55. The molecule has 2 rings (SSSR count). The zero-order valence-electron chi connectivity index (χ0n) is 12.2. The molecule has 0 unspecified atom stereocenters. The summed E-state index contributed by atoms with van der Waals surface area (Å²) in [6.45, 7) is 7.69. The molecule has 1 aromatic heterocycles. The lowest BCUT2D eigenvalue weighted by Gasteiger charge is -2.25. The summed E-state index contributed by atoms with van der Waals surface area (Å²) >= 11 is 0. The minimum Gasteiger partial charge on any atom is -0.334 e. The van der Waals surface area contributed by atoms with Crippen LogP contribution in [0.2, 0.25) is 0 Å². The second-order valence-corrected chi connectivity index (χ2v) is 5.27.